The Bertz CT molecular complexity index is 1080. The van der Waals surface area contributed by atoms with Crippen molar-refractivity contribution in [1.82, 2.24) is 4.31 Å². The molecule has 1 aliphatic carbocycles. The summed E-state index contributed by atoms with van der Waals surface area (Å²) in [6.07, 6.45) is 10.4. The first kappa shape index (κ1) is 21.8. The van der Waals surface area contributed by atoms with Gasteiger partial charge in [0.1, 0.15) is 0 Å². The summed E-state index contributed by atoms with van der Waals surface area (Å²) < 4.78 is 33.9. The van der Waals surface area contributed by atoms with Crippen LogP contribution in [0.4, 0.5) is 0 Å². The number of hydrogen-bond donors (Lipinski definition) is 0. The Balaban J connectivity index is 1.48. The lowest BCUT2D eigenvalue weighted by Crippen LogP contribution is -2.39. The second kappa shape index (κ2) is 9.77. The number of nitrogens with zero attached hydrogens (tertiary/aromatic N) is 1. The Morgan fingerprint density at radius 3 is 2.58 bits per heavy atom. The first-order valence-electron chi connectivity index (χ1n) is 10.8. The van der Waals surface area contributed by atoms with Crippen LogP contribution in [0.15, 0.2) is 94.9 Å². The Hall–Kier alpha value is -2.47. The van der Waals surface area contributed by atoms with Crippen LogP contribution in [0.5, 0.6) is 0 Å². The van der Waals surface area contributed by atoms with Gasteiger partial charge >= 0.3 is 0 Å². The molecule has 2 aliphatic rings. The molecule has 1 aliphatic heterocycles. The van der Waals surface area contributed by atoms with Gasteiger partial charge in [0.2, 0.25) is 10.0 Å². The molecule has 162 valence electrons. The molecular weight excluding hydrogens is 406 g/mol. The Labute approximate surface area is 185 Å². The van der Waals surface area contributed by atoms with E-state index >= 15 is 0 Å². The summed E-state index contributed by atoms with van der Waals surface area (Å²) in [6.45, 7) is 3.99. The standard InChI is InChI=1S/C26H29NO3S/c1-21-11-13-26(14-12-21)31(28,29)27-16-15-24-10-6-5-9-23(17-25(24)18-27)20-30-19-22-7-3-2-4-8-22/h2-4,6-14,17,24H,5,15-16,18-20H2,1H3/b10-6-,23-9+,25-17-/t24-/m1/s1. The first-order chi connectivity index (χ1) is 15.0. The van der Waals surface area contributed by atoms with Crippen LogP contribution in [0.1, 0.15) is 24.0 Å². The van der Waals surface area contributed by atoms with Crippen LogP contribution in [0.25, 0.3) is 0 Å². The molecule has 0 amide bonds. The minimum absolute atomic E-state index is 0.280. The van der Waals surface area contributed by atoms with E-state index in [-0.39, 0.29) is 5.92 Å². The lowest BCUT2D eigenvalue weighted by Gasteiger charge is -2.33. The van der Waals surface area contributed by atoms with E-state index in [9.17, 15) is 8.42 Å². The maximum absolute atomic E-state index is 13.2. The van der Waals surface area contributed by atoms with Gasteiger partial charge in [-0.1, -0.05) is 72.3 Å². The fourth-order valence-corrected chi connectivity index (χ4v) is 5.47. The van der Waals surface area contributed by atoms with E-state index in [1.54, 1.807) is 16.4 Å². The highest BCUT2D eigenvalue weighted by Gasteiger charge is 2.31. The molecule has 4 nitrogen and oxygen atoms in total. The van der Waals surface area contributed by atoms with E-state index in [1.165, 1.54) is 0 Å². The van der Waals surface area contributed by atoms with Crippen molar-refractivity contribution in [3.05, 3.63) is 101 Å². The van der Waals surface area contributed by atoms with E-state index in [2.05, 4.69) is 36.4 Å². The van der Waals surface area contributed by atoms with Crippen LogP contribution in [0, 0.1) is 12.8 Å². The molecule has 0 unspecified atom stereocenters. The van der Waals surface area contributed by atoms with Gasteiger partial charge < -0.3 is 4.74 Å². The topological polar surface area (TPSA) is 46.6 Å². The number of hydrogen-bond acceptors (Lipinski definition) is 3. The summed E-state index contributed by atoms with van der Waals surface area (Å²) in [5, 5.41) is 0. The molecule has 2 aromatic carbocycles. The number of fused-ring (bicyclic) bond motifs is 1. The number of allylic oxidation sites excluding steroid dienone is 3. The third-order valence-electron chi connectivity index (χ3n) is 5.82. The molecule has 0 N–H and O–H groups in total. The van der Waals surface area contributed by atoms with Gasteiger partial charge in [0.05, 0.1) is 18.1 Å². The van der Waals surface area contributed by atoms with Gasteiger partial charge in [-0.05, 0) is 48.6 Å². The summed E-state index contributed by atoms with van der Waals surface area (Å²) in [5.41, 5.74) is 4.44. The Morgan fingerprint density at radius 2 is 1.81 bits per heavy atom. The van der Waals surface area contributed by atoms with Gasteiger partial charge in [-0.2, -0.15) is 4.31 Å². The van der Waals surface area contributed by atoms with Gasteiger partial charge in [0.25, 0.3) is 0 Å². The van der Waals surface area contributed by atoms with Crippen LogP contribution < -0.4 is 0 Å². The molecule has 0 aromatic heterocycles. The lowest BCUT2D eigenvalue weighted by molar-refractivity contribution is 0.144. The number of rotatable bonds is 6. The van der Waals surface area contributed by atoms with E-state index in [0.29, 0.717) is 31.2 Å². The number of piperidine rings is 1. The molecule has 1 fully saturated rings. The Kier molecular flexibility index (Phi) is 6.86. The van der Waals surface area contributed by atoms with Gasteiger partial charge in [-0.25, -0.2) is 8.42 Å². The molecule has 2 aromatic rings. The summed E-state index contributed by atoms with van der Waals surface area (Å²) in [7, 11) is -3.50. The summed E-state index contributed by atoms with van der Waals surface area (Å²) in [5.74, 6) is 0.280. The third kappa shape index (κ3) is 5.42. The van der Waals surface area contributed by atoms with Crippen LogP contribution in [-0.4, -0.2) is 32.4 Å². The SMILES string of the molecule is Cc1ccc(S(=O)(=O)N2CC[C@H]3/C=C\C/C=C(COCc4ccccc4)\C=C/3C2)cc1. The predicted molar refractivity (Wildman–Crippen MR) is 124 cm³/mol. The van der Waals surface area contributed by atoms with Gasteiger partial charge in [-0.15, -0.1) is 0 Å². The quantitative estimate of drug-likeness (QED) is 0.598. The molecule has 4 rings (SSSR count). The molecule has 1 heterocycles. The molecular formula is C26H29NO3S. The molecule has 31 heavy (non-hydrogen) atoms. The largest absolute Gasteiger partial charge is 0.372 e. The molecule has 1 saturated heterocycles. The van der Waals surface area contributed by atoms with Crippen molar-refractivity contribution in [3.8, 4) is 0 Å². The first-order valence-corrected chi connectivity index (χ1v) is 12.2. The van der Waals surface area contributed by atoms with E-state index in [1.807, 2.05) is 37.3 Å². The minimum Gasteiger partial charge on any atom is -0.372 e. The van der Waals surface area contributed by atoms with Crippen molar-refractivity contribution in [3.63, 3.8) is 0 Å². The van der Waals surface area contributed by atoms with E-state index in [4.69, 9.17) is 4.74 Å². The number of benzene rings is 2. The highest BCUT2D eigenvalue weighted by atomic mass is 32.2. The van der Waals surface area contributed by atoms with E-state index in [0.717, 1.165) is 35.1 Å². The molecule has 0 saturated carbocycles. The third-order valence-corrected chi connectivity index (χ3v) is 7.68. The average molecular weight is 436 g/mol. The minimum atomic E-state index is -3.50. The zero-order chi connectivity index (χ0) is 21.7. The smallest absolute Gasteiger partial charge is 0.243 e. The summed E-state index contributed by atoms with van der Waals surface area (Å²) >= 11 is 0. The number of sulfonamides is 1. The zero-order valence-electron chi connectivity index (χ0n) is 17.9. The summed E-state index contributed by atoms with van der Waals surface area (Å²) in [6, 6.07) is 17.2. The van der Waals surface area contributed by atoms with Crippen molar-refractivity contribution in [1.29, 1.82) is 0 Å². The van der Waals surface area contributed by atoms with Gasteiger partial charge in [0, 0.05) is 19.0 Å². The normalized spacial score (nSPS) is 24.1. The summed E-state index contributed by atoms with van der Waals surface area (Å²) in [4.78, 5) is 0.362. The molecule has 0 spiro atoms. The molecule has 1 atom stereocenters. The van der Waals surface area contributed by atoms with Crippen LogP contribution in [0.2, 0.25) is 0 Å². The maximum atomic E-state index is 13.2. The number of aryl methyl sites for hydroxylation is 1. The van der Waals surface area contributed by atoms with Crippen molar-refractivity contribution in [2.75, 3.05) is 19.7 Å². The second-order valence-corrected chi connectivity index (χ2v) is 10.1. The van der Waals surface area contributed by atoms with E-state index < -0.39 is 10.0 Å². The van der Waals surface area contributed by atoms with Gasteiger partial charge in [0.15, 0.2) is 0 Å². The highest BCUT2D eigenvalue weighted by Crippen LogP contribution is 2.30. The zero-order valence-corrected chi connectivity index (χ0v) is 18.7. The fraction of sp³-hybridized carbons (Fsp3) is 0.308. The van der Waals surface area contributed by atoms with Crippen LogP contribution in [-0.2, 0) is 21.4 Å². The van der Waals surface area contributed by atoms with Crippen LogP contribution in [0.3, 0.4) is 0 Å². The second-order valence-electron chi connectivity index (χ2n) is 8.19. The van der Waals surface area contributed by atoms with Crippen molar-refractivity contribution < 1.29 is 13.2 Å². The monoisotopic (exact) mass is 435 g/mol. The van der Waals surface area contributed by atoms with Gasteiger partial charge in [-0.3, -0.25) is 0 Å². The van der Waals surface area contributed by atoms with Crippen molar-refractivity contribution in [2.24, 2.45) is 5.92 Å². The average Bonchev–Trinajstić information content (AvgIpc) is 2.76. The highest BCUT2D eigenvalue weighted by molar-refractivity contribution is 7.89. The molecule has 0 radical (unpaired) electrons. The van der Waals surface area contributed by atoms with Crippen LogP contribution >= 0.6 is 0 Å². The van der Waals surface area contributed by atoms with Crippen molar-refractivity contribution >= 4 is 10.0 Å². The van der Waals surface area contributed by atoms with Crippen molar-refractivity contribution in [2.45, 2.75) is 31.3 Å². The fourth-order valence-electron chi connectivity index (χ4n) is 4.03. The predicted octanol–water partition coefficient (Wildman–Crippen LogP) is 5.04. The Morgan fingerprint density at radius 1 is 1.03 bits per heavy atom. The molecule has 5 heteroatoms. The maximum Gasteiger partial charge on any atom is 0.243 e. The number of ether oxygens (including phenoxy) is 1. The lowest BCUT2D eigenvalue weighted by atomic mass is 9.89. The molecule has 0 bridgehead atoms.